The number of aliphatic hydroxyl groups excluding tert-OH is 1. The Morgan fingerprint density at radius 3 is 2.80 bits per heavy atom. The van der Waals surface area contributed by atoms with Crippen LogP contribution in [0.3, 0.4) is 0 Å². The molecule has 10 heavy (non-hydrogen) atoms. The topological polar surface area (TPSA) is 46.5 Å². The molecule has 1 N–H and O–H groups in total. The van der Waals surface area contributed by atoms with Gasteiger partial charge in [-0.1, -0.05) is 0 Å². The molecular formula is C7H14O3. The van der Waals surface area contributed by atoms with Crippen LogP contribution in [-0.4, -0.2) is 31.2 Å². The summed E-state index contributed by atoms with van der Waals surface area (Å²) in [7, 11) is 1.00. The fourth-order valence-electron chi connectivity index (χ4n) is 0.784. The average molecular weight is 146 g/mol. The number of Topliss-reactive ketones (excluding diaryl/α,β-unsaturated/α-hetero) is 1. The van der Waals surface area contributed by atoms with Gasteiger partial charge in [-0.05, 0) is 12.8 Å². The Kier molecular flexibility index (Phi) is 6.43. The Morgan fingerprint density at radius 2 is 2.10 bits per heavy atom. The minimum Gasteiger partial charge on any atom is -0.400 e. The average Bonchev–Trinajstić information content (AvgIpc) is 2.21. The van der Waals surface area contributed by atoms with Crippen LogP contribution in [0.2, 0.25) is 0 Å². The molecule has 0 aliphatic carbocycles. The Labute approximate surface area is 61.0 Å². The van der Waals surface area contributed by atoms with Crippen LogP contribution < -0.4 is 0 Å². The highest BCUT2D eigenvalue weighted by molar-refractivity contribution is 5.79. The van der Waals surface area contributed by atoms with Gasteiger partial charge in [-0.15, -0.1) is 0 Å². The lowest BCUT2D eigenvalue weighted by Crippen LogP contribution is -2.03. The van der Waals surface area contributed by atoms with E-state index in [1.807, 2.05) is 0 Å². The van der Waals surface area contributed by atoms with Crippen molar-refractivity contribution in [3.05, 3.63) is 0 Å². The van der Waals surface area contributed by atoms with Crippen LogP contribution in [0.25, 0.3) is 0 Å². The molecule has 0 bridgehead atoms. The third kappa shape index (κ3) is 4.47. The van der Waals surface area contributed by atoms with E-state index in [2.05, 4.69) is 0 Å². The number of carbonyl (C=O) groups is 1. The lowest BCUT2D eigenvalue weighted by atomic mass is 10.2. The van der Waals surface area contributed by atoms with Gasteiger partial charge in [-0.3, -0.25) is 4.79 Å². The summed E-state index contributed by atoms with van der Waals surface area (Å²) in [6.07, 6.45) is 2.78. The van der Waals surface area contributed by atoms with Crippen molar-refractivity contribution in [2.45, 2.75) is 19.3 Å². The van der Waals surface area contributed by atoms with Gasteiger partial charge >= 0.3 is 0 Å². The van der Waals surface area contributed by atoms with Gasteiger partial charge in [0.15, 0.2) is 5.78 Å². The van der Waals surface area contributed by atoms with Crippen molar-refractivity contribution in [3.8, 4) is 0 Å². The number of rotatable bonds is 0. The van der Waals surface area contributed by atoms with Gasteiger partial charge < -0.3 is 9.84 Å². The fraction of sp³-hybridized carbons (Fsp3) is 0.857. The molecule has 0 unspecified atom stereocenters. The van der Waals surface area contributed by atoms with Gasteiger partial charge in [0.05, 0.1) is 0 Å². The first-order valence-corrected chi connectivity index (χ1v) is 3.44. The summed E-state index contributed by atoms with van der Waals surface area (Å²) in [6.45, 7) is 1.12. The van der Waals surface area contributed by atoms with Gasteiger partial charge in [0.25, 0.3) is 0 Å². The van der Waals surface area contributed by atoms with E-state index in [0.717, 1.165) is 33.0 Å². The lowest BCUT2D eigenvalue weighted by Gasteiger charge is -1.91. The standard InChI is InChI=1S/C6H10O2.CH4O/c7-6-3-1-2-4-8-5-6;1-2/h1-5H2;2H,1H3. The van der Waals surface area contributed by atoms with Crippen LogP contribution in [-0.2, 0) is 9.53 Å². The summed E-state index contributed by atoms with van der Waals surface area (Å²) in [5.74, 6) is 0.252. The molecular weight excluding hydrogens is 132 g/mol. The summed E-state index contributed by atoms with van der Waals surface area (Å²) in [6, 6.07) is 0. The first-order chi connectivity index (χ1) is 4.89. The second-order valence-corrected chi connectivity index (χ2v) is 2.05. The zero-order chi connectivity index (χ0) is 7.82. The highest BCUT2D eigenvalue weighted by Crippen LogP contribution is 2.01. The first-order valence-electron chi connectivity index (χ1n) is 3.44. The van der Waals surface area contributed by atoms with E-state index in [1.54, 1.807) is 0 Å². The van der Waals surface area contributed by atoms with Gasteiger partial charge in [0.1, 0.15) is 6.61 Å². The van der Waals surface area contributed by atoms with E-state index in [0.29, 0.717) is 6.61 Å². The summed E-state index contributed by atoms with van der Waals surface area (Å²) < 4.78 is 4.96. The Balaban J connectivity index is 0.000000371. The van der Waals surface area contributed by atoms with Gasteiger partial charge in [-0.25, -0.2) is 0 Å². The molecule has 0 radical (unpaired) electrons. The minimum absolute atomic E-state index is 0.252. The van der Waals surface area contributed by atoms with Crippen LogP contribution in [0, 0.1) is 0 Å². The smallest absolute Gasteiger partial charge is 0.158 e. The van der Waals surface area contributed by atoms with Crippen molar-refractivity contribution < 1.29 is 14.6 Å². The Hall–Kier alpha value is -0.410. The second kappa shape index (κ2) is 6.71. The molecule has 3 nitrogen and oxygen atoms in total. The van der Waals surface area contributed by atoms with Crippen LogP contribution >= 0.6 is 0 Å². The number of carbonyl (C=O) groups excluding carboxylic acids is 1. The monoisotopic (exact) mass is 146 g/mol. The first kappa shape index (κ1) is 9.59. The third-order valence-corrected chi connectivity index (χ3v) is 1.26. The lowest BCUT2D eigenvalue weighted by molar-refractivity contribution is -0.122. The van der Waals surface area contributed by atoms with Crippen LogP contribution in [0.4, 0.5) is 0 Å². The highest BCUT2D eigenvalue weighted by Gasteiger charge is 2.05. The number of ketones is 1. The largest absolute Gasteiger partial charge is 0.400 e. The molecule has 1 heterocycles. The van der Waals surface area contributed by atoms with E-state index in [-0.39, 0.29) is 5.78 Å². The van der Waals surface area contributed by atoms with Crippen molar-refractivity contribution >= 4 is 5.78 Å². The van der Waals surface area contributed by atoms with Gasteiger partial charge in [0.2, 0.25) is 0 Å². The van der Waals surface area contributed by atoms with Crippen molar-refractivity contribution in [2.75, 3.05) is 20.3 Å². The van der Waals surface area contributed by atoms with Crippen LogP contribution in [0.5, 0.6) is 0 Å². The van der Waals surface area contributed by atoms with Gasteiger partial charge in [-0.2, -0.15) is 0 Å². The Bertz CT molecular complexity index is 80.9. The molecule has 0 atom stereocenters. The number of hydrogen-bond acceptors (Lipinski definition) is 3. The molecule has 1 fully saturated rings. The summed E-state index contributed by atoms with van der Waals surface area (Å²) >= 11 is 0. The number of ether oxygens (including phenoxy) is 1. The maximum Gasteiger partial charge on any atom is 0.158 e. The van der Waals surface area contributed by atoms with Crippen molar-refractivity contribution in [2.24, 2.45) is 0 Å². The van der Waals surface area contributed by atoms with Crippen molar-refractivity contribution in [1.29, 1.82) is 0 Å². The minimum atomic E-state index is 0.252. The van der Waals surface area contributed by atoms with E-state index in [4.69, 9.17) is 9.84 Å². The molecule has 0 aromatic carbocycles. The number of hydrogen-bond donors (Lipinski definition) is 1. The fourth-order valence-corrected chi connectivity index (χ4v) is 0.784. The quantitative estimate of drug-likeness (QED) is 0.537. The van der Waals surface area contributed by atoms with E-state index >= 15 is 0 Å². The molecule has 0 amide bonds. The summed E-state index contributed by atoms with van der Waals surface area (Å²) in [5, 5.41) is 7.00. The van der Waals surface area contributed by atoms with E-state index in [1.165, 1.54) is 0 Å². The maximum absolute atomic E-state index is 10.6. The molecule has 3 heteroatoms. The Morgan fingerprint density at radius 1 is 1.40 bits per heavy atom. The molecule has 1 aliphatic heterocycles. The predicted molar refractivity (Wildman–Crippen MR) is 37.8 cm³/mol. The zero-order valence-corrected chi connectivity index (χ0v) is 6.30. The maximum atomic E-state index is 10.6. The number of aliphatic hydroxyl groups is 1. The molecule has 0 aromatic rings. The normalized spacial score (nSPS) is 18.8. The molecule has 0 saturated carbocycles. The third-order valence-electron chi connectivity index (χ3n) is 1.26. The summed E-state index contributed by atoms with van der Waals surface area (Å²) in [4.78, 5) is 10.6. The molecule has 0 spiro atoms. The molecule has 1 saturated heterocycles. The van der Waals surface area contributed by atoms with E-state index < -0.39 is 0 Å². The molecule has 0 aromatic heterocycles. The molecule has 60 valence electrons. The highest BCUT2D eigenvalue weighted by atomic mass is 16.5. The van der Waals surface area contributed by atoms with Crippen molar-refractivity contribution in [1.82, 2.24) is 0 Å². The van der Waals surface area contributed by atoms with Gasteiger partial charge in [0, 0.05) is 20.1 Å². The van der Waals surface area contributed by atoms with Crippen molar-refractivity contribution in [3.63, 3.8) is 0 Å². The molecule has 1 rings (SSSR count). The predicted octanol–water partition coefficient (Wildman–Crippen LogP) is 0.365. The second-order valence-electron chi connectivity index (χ2n) is 2.05. The zero-order valence-electron chi connectivity index (χ0n) is 6.30. The molecule has 1 aliphatic rings. The summed E-state index contributed by atoms with van der Waals surface area (Å²) in [5.41, 5.74) is 0. The van der Waals surface area contributed by atoms with Crippen LogP contribution in [0.1, 0.15) is 19.3 Å². The SMILES string of the molecule is CO.O=C1CCCCOC1. The van der Waals surface area contributed by atoms with Crippen LogP contribution in [0.15, 0.2) is 0 Å². The van der Waals surface area contributed by atoms with E-state index in [9.17, 15) is 4.79 Å².